The van der Waals surface area contributed by atoms with Crippen LogP contribution in [-0.4, -0.2) is 30.5 Å². The van der Waals surface area contributed by atoms with Crippen LogP contribution < -0.4 is 5.73 Å². The van der Waals surface area contributed by atoms with Gasteiger partial charge in [-0.15, -0.1) is 24.0 Å². The van der Waals surface area contributed by atoms with E-state index in [0.29, 0.717) is 0 Å². The topological polar surface area (TPSA) is 26.0 Å². The summed E-state index contributed by atoms with van der Waals surface area (Å²) in [4.78, 5) is 0. The van der Waals surface area contributed by atoms with Crippen LogP contribution in [0.15, 0.2) is 30.3 Å². The van der Waals surface area contributed by atoms with E-state index in [1.165, 1.54) is 5.56 Å². The molecule has 1 aromatic rings. The number of benzene rings is 1. The second-order valence-corrected chi connectivity index (χ2v) is 2.02. The minimum absolute atomic E-state index is 0. The molecule has 0 fully saturated rings. The SMILES string of the molecule is I.NCCc1ccccc1.[SnH2]. The van der Waals surface area contributed by atoms with E-state index in [1.54, 1.807) is 0 Å². The van der Waals surface area contributed by atoms with Crippen molar-refractivity contribution in [2.24, 2.45) is 5.73 Å². The fourth-order valence-electron chi connectivity index (χ4n) is 0.811. The van der Waals surface area contributed by atoms with E-state index < -0.39 is 0 Å². The Kier molecular flexibility index (Phi) is 11.4. The van der Waals surface area contributed by atoms with Gasteiger partial charge in [0, 0.05) is 0 Å². The molecule has 0 spiro atoms. The average Bonchev–Trinajstić information content (AvgIpc) is 1.91. The number of nitrogens with two attached hydrogens (primary N) is 1. The summed E-state index contributed by atoms with van der Waals surface area (Å²) in [5.74, 6) is 0. The number of hydrogen-bond acceptors (Lipinski definition) is 1. The van der Waals surface area contributed by atoms with E-state index >= 15 is 0 Å². The summed E-state index contributed by atoms with van der Waals surface area (Å²) in [7, 11) is 0. The first-order valence-electron chi connectivity index (χ1n) is 3.17. The van der Waals surface area contributed by atoms with Gasteiger partial charge in [-0.1, -0.05) is 30.3 Å². The van der Waals surface area contributed by atoms with Crippen LogP contribution in [0.1, 0.15) is 5.56 Å². The fourth-order valence-corrected chi connectivity index (χ4v) is 0.811. The van der Waals surface area contributed by atoms with Crippen LogP contribution in [-0.2, 0) is 6.42 Å². The molecule has 11 heavy (non-hydrogen) atoms. The first kappa shape index (κ1) is 14.2. The van der Waals surface area contributed by atoms with E-state index in [4.69, 9.17) is 5.73 Å². The third-order valence-electron chi connectivity index (χ3n) is 1.28. The monoisotopic (exact) mass is 371 g/mol. The van der Waals surface area contributed by atoms with Gasteiger partial charge < -0.3 is 5.73 Å². The molecule has 3 heteroatoms. The van der Waals surface area contributed by atoms with Crippen molar-refractivity contribution < 1.29 is 0 Å². The molecule has 0 bridgehead atoms. The predicted octanol–water partition coefficient (Wildman–Crippen LogP) is 0.890. The first-order valence-corrected chi connectivity index (χ1v) is 3.17. The van der Waals surface area contributed by atoms with Crippen LogP contribution in [0, 0.1) is 0 Å². The van der Waals surface area contributed by atoms with Gasteiger partial charge in [-0.05, 0) is 18.5 Å². The Labute approximate surface area is 102 Å². The second kappa shape index (κ2) is 8.80. The Morgan fingerprint density at radius 1 is 1.09 bits per heavy atom. The van der Waals surface area contributed by atoms with Gasteiger partial charge in [0.1, 0.15) is 0 Å². The van der Waals surface area contributed by atoms with E-state index in [-0.39, 0.29) is 47.9 Å². The van der Waals surface area contributed by atoms with Crippen molar-refractivity contribution in [3.63, 3.8) is 0 Å². The van der Waals surface area contributed by atoms with Gasteiger partial charge >= 0.3 is 23.9 Å². The van der Waals surface area contributed by atoms with Crippen LogP contribution in [0.3, 0.4) is 0 Å². The van der Waals surface area contributed by atoms with Gasteiger partial charge in [-0.2, -0.15) is 0 Å². The van der Waals surface area contributed by atoms with Crippen LogP contribution in [0.2, 0.25) is 0 Å². The van der Waals surface area contributed by atoms with Crippen molar-refractivity contribution in [3.8, 4) is 0 Å². The van der Waals surface area contributed by atoms with Crippen LogP contribution in [0.25, 0.3) is 0 Å². The predicted molar refractivity (Wildman–Crippen MR) is 63.2 cm³/mol. The Morgan fingerprint density at radius 3 is 2.09 bits per heavy atom. The Hall–Kier alpha value is 0.709. The molecule has 0 unspecified atom stereocenters. The molecule has 0 aliphatic rings. The fraction of sp³-hybridized carbons (Fsp3) is 0.250. The molecule has 0 aromatic heterocycles. The Balaban J connectivity index is 0. The van der Waals surface area contributed by atoms with E-state index in [2.05, 4.69) is 12.1 Å². The normalized spacial score (nSPS) is 7.73. The zero-order valence-corrected chi connectivity index (χ0v) is 12.9. The molecule has 1 aromatic carbocycles. The van der Waals surface area contributed by atoms with Gasteiger partial charge in [0.05, 0.1) is 0 Å². The van der Waals surface area contributed by atoms with Gasteiger partial charge in [0.2, 0.25) is 0 Å². The van der Waals surface area contributed by atoms with Crippen molar-refractivity contribution >= 4 is 47.9 Å². The summed E-state index contributed by atoms with van der Waals surface area (Å²) in [6, 6.07) is 10.3. The van der Waals surface area contributed by atoms with Crippen LogP contribution in [0.4, 0.5) is 0 Å². The summed E-state index contributed by atoms with van der Waals surface area (Å²) in [5, 5.41) is 0. The van der Waals surface area contributed by atoms with E-state index in [0.717, 1.165) is 13.0 Å². The Morgan fingerprint density at radius 2 is 1.64 bits per heavy atom. The molecule has 0 atom stereocenters. The summed E-state index contributed by atoms with van der Waals surface area (Å²) >= 11 is 0. The van der Waals surface area contributed by atoms with Crippen molar-refractivity contribution in [3.05, 3.63) is 35.9 Å². The Bertz CT molecular complexity index is 167. The minimum atomic E-state index is 0. The van der Waals surface area contributed by atoms with Crippen molar-refractivity contribution in [1.82, 2.24) is 0 Å². The van der Waals surface area contributed by atoms with E-state index in [1.807, 2.05) is 18.2 Å². The molecular formula is C8H14INSn. The molecule has 1 rings (SSSR count). The standard InChI is InChI=1S/C8H11N.HI.Sn.2H/c9-7-6-8-4-2-1-3-5-8;;;;/h1-5H,6-7,9H2;1H;;;. The van der Waals surface area contributed by atoms with Gasteiger partial charge in [-0.25, -0.2) is 0 Å². The summed E-state index contributed by atoms with van der Waals surface area (Å²) < 4.78 is 0. The maximum atomic E-state index is 5.36. The summed E-state index contributed by atoms with van der Waals surface area (Å²) in [6.07, 6.45) is 0.987. The third-order valence-corrected chi connectivity index (χ3v) is 1.28. The average molecular weight is 370 g/mol. The first-order chi connectivity index (χ1) is 4.43. The maximum absolute atomic E-state index is 5.36. The second-order valence-electron chi connectivity index (χ2n) is 2.02. The molecule has 62 valence electrons. The molecule has 0 saturated heterocycles. The molecule has 0 heterocycles. The van der Waals surface area contributed by atoms with Crippen molar-refractivity contribution in [2.45, 2.75) is 6.42 Å². The quantitative estimate of drug-likeness (QED) is 0.608. The third kappa shape index (κ3) is 5.92. The van der Waals surface area contributed by atoms with Gasteiger partial charge in [0.25, 0.3) is 0 Å². The van der Waals surface area contributed by atoms with Crippen LogP contribution >= 0.6 is 24.0 Å². The van der Waals surface area contributed by atoms with Crippen molar-refractivity contribution in [2.75, 3.05) is 6.54 Å². The molecule has 2 N–H and O–H groups in total. The number of rotatable bonds is 2. The zero-order valence-electron chi connectivity index (χ0n) is 6.49. The van der Waals surface area contributed by atoms with E-state index in [9.17, 15) is 0 Å². The molecule has 0 aliphatic carbocycles. The number of hydrogen-bond donors (Lipinski definition) is 1. The summed E-state index contributed by atoms with van der Waals surface area (Å²) in [6.45, 7) is 0.740. The molecule has 0 amide bonds. The van der Waals surface area contributed by atoms with Crippen molar-refractivity contribution in [1.29, 1.82) is 0 Å². The number of halogens is 1. The molecular weight excluding hydrogens is 356 g/mol. The molecule has 0 aliphatic heterocycles. The summed E-state index contributed by atoms with van der Waals surface area (Å²) in [5.41, 5.74) is 6.68. The van der Waals surface area contributed by atoms with Gasteiger partial charge in [-0.3, -0.25) is 0 Å². The van der Waals surface area contributed by atoms with Gasteiger partial charge in [0.15, 0.2) is 0 Å². The van der Waals surface area contributed by atoms with Crippen LogP contribution in [0.5, 0.6) is 0 Å². The molecule has 0 saturated carbocycles. The zero-order chi connectivity index (χ0) is 6.53. The molecule has 1 nitrogen and oxygen atoms in total. The molecule has 2 radical (unpaired) electrons.